The predicted octanol–water partition coefficient (Wildman–Crippen LogP) is 1.73. The van der Waals surface area contributed by atoms with Crippen molar-refractivity contribution in [1.29, 1.82) is 0 Å². The van der Waals surface area contributed by atoms with Gasteiger partial charge in [0.1, 0.15) is 6.61 Å². The molecular formula is C20H24N4O4S. The quantitative estimate of drug-likeness (QED) is 0.717. The Labute approximate surface area is 173 Å². The molecule has 154 valence electrons. The second-order valence-corrected chi connectivity index (χ2v) is 7.59. The van der Waals surface area contributed by atoms with E-state index in [9.17, 15) is 14.4 Å². The number of thiophene rings is 1. The molecule has 2 heterocycles. The zero-order chi connectivity index (χ0) is 20.6. The normalized spacial score (nSPS) is 14.4. The molecule has 3 rings (SSSR count). The summed E-state index contributed by atoms with van der Waals surface area (Å²) >= 11 is 1.38. The molecule has 1 fully saturated rings. The van der Waals surface area contributed by atoms with Crippen molar-refractivity contribution in [3.8, 4) is 0 Å². The second kappa shape index (κ2) is 10.1. The van der Waals surface area contributed by atoms with Gasteiger partial charge in [0, 0.05) is 44.7 Å². The zero-order valence-corrected chi connectivity index (χ0v) is 17.0. The van der Waals surface area contributed by atoms with Crippen LogP contribution in [0.4, 0.5) is 11.4 Å². The van der Waals surface area contributed by atoms with E-state index in [1.807, 2.05) is 16.3 Å². The molecule has 0 atom stereocenters. The van der Waals surface area contributed by atoms with Gasteiger partial charge in [-0.1, -0.05) is 6.07 Å². The molecule has 1 aromatic carbocycles. The Kier molecular flexibility index (Phi) is 7.34. The molecular weight excluding hydrogens is 392 g/mol. The van der Waals surface area contributed by atoms with Crippen LogP contribution in [-0.4, -0.2) is 74.0 Å². The summed E-state index contributed by atoms with van der Waals surface area (Å²) in [5.41, 5.74) is 1.33. The summed E-state index contributed by atoms with van der Waals surface area (Å²) in [6, 6.07) is 10.6. The molecule has 1 aliphatic heterocycles. The Morgan fingerprint density at radius 3 is 2.24 bits per heavy atom. The van der Waals surface area contributed by atoms with Gasteiger partial charge in [0.2, 0.25) is 11.8 Å². The van der Waals surface area contributed by atoms with Gasteiger partial charge in [0.05, 0.1) is 11.4 Å². The third kappa shape index (κ3) is 6.11. The van der Waals surface area contributed by atoms with Gasteiger partial charge >= 0.3 is 0 Å². The number of amides is 3. The topological polar surface area (TPSA) is 91.0 Å². The van der Waals surface area contributed by atoms with Crippen molar-refractivity contribution in [3.05, 3.63) is 46.7 Å². The highest BCUT2D eigenvalue weighted by molar-refractivity contribution is 7.12. The molecule has 0 saturated carbocycles. The summed E-state index contributed by atoms with van der Waals surface area (Å²) in [6.07, 6.45) is 0. The van der Waals surface area contributed by atoms with E-state index in [-0.39, 0.29) is 30.9 Å². The van der Waals surface area contributed by atoms with Gasteiger partial charge in [-0.3, -0.25) is 19.3 Å². The molecule has 2 N–H and O–H groups in total. The average Bonchev–Trinajstić information content (AvgIpc) is 3.25. The van der Waals surface area contributed by atoms with Crippen molar-refractivity contribution in [2.45, 2.75) is 0 Å². The molecule has 2 aromatic rings. The fourth-order valence-corrected chi connectivity index (χ4v) is 3.63. The zero-order valence-electron chi connectivity index (χ0n) is 16.2. The van der Waals surface area contributed by atoms with Crippen LogP contribution in [0.2, 0.25) is 0 Å². The molecule has 9 heteroatoms. The third-order valence-corrected chi connectivity index (χ3v) is 5.40. The maximum absolute atomic E-state index is 12.3. The first-order chi connectivity index (χ1) is 14.0. The lowest BCUT2D eigenvalue weighted by molar-refractivity contribution is -0.137. The number of carbonyl (C=O) groups is 3. The number of benzene rings is 1. The number of hydrogen-bond donors (Lipinski definition) is 2. The van der Waals surface area contributed by atoms with E-state index >= 15 is 0 Å². The van der Waals surface area contributed by atoms with Crippen molar-refractivity contribution in [1.82, 2.24) is 9.80 Å². The summed E-state index contributed by atoms with van der Waals surface area (Å²) in [7, 11) is 1.50. The molecule has 0 bridgehead atoms. The van der Waals surface area contributed by atoms with E-state index in [1.165, 1.54) is 18.4 Å². The molecule has 1 aliphatic rings. The summed E-state index contributed by atoms with van der Waals surface area (Å²) in [6.45, 7) is 2.84. The Hall–Kier alpha value is -2.75. The fourth-order valence-electron chi connectivity index (χ4n) is 3.01. The van der Waals surface area contributed by atoms with Gasteiger partial charge < -0.3 is 20.3 Å². The smallest absolute Gasteiger partial charge is 0.265 e. The van der Waals surface area contributed by atoms with Crippen LogP contribution in [0.1, 0.15) is 9.67 Å². The van der Waals surface area contributed by atoms with Gasteiger partial charge in [-0.05, 0) is 35.7 Å². The first kappa shape index (κ1) is 21.0. The highest BCUT2D eigenvalue weighted by Gasteiger charge is 2.22. The SMILES string of the molecule is COCC(=O)N1CCN(CC(=O)Nc2ccc(NC(=O)c3cccs3)cc2)CC1. The Morgan fingerprint density at radius 2 is 1.66 bits per heavy atom. The van der Waals surface area contributed by atoms with Crippen LogP contribution in [0.25, 0.3) is 0 Å². The fraction of sp³-hybridized carbons (Fsp3) is 0.350. The summed E-state index contributed by atoms with van der Waals surface area (Å²) < 4.78 is 4.87. The molecule has 0 unspecified atom stereocenters. The number of carbonyl (C=O) groups excluding carboxylic acids is 3. The van der Waals surface area contributed by atoms with E-state index in [0.29, 0.717) is 42.4 Å². The van der Waals surface area contributed by atoms with Crippen molar-refractivity contribution >= 4 is 40.4 Å². The number of nitrogens with one attached hydrogen (secondary N) is 2. The van der Waals surface area contributed by atoms with E-state index < -0.39 is 0 Å². The molecule has 3 amide bonds. The van der Waals surface area contributed by atoms with Crippen LogP contribution in [0, 0.1) is 0 Å². The molecule has 8 nitrogen and oxygen atoms in total. The van der Waals surface area contributed by atoms with Crippen molar-refractivity contribution in [3.63, 3.8) is 0 Å². The van der Waals surface area contributed by atoms with Gasteiger partial charge in [0.15, 0.2) is 0 Å². The number of piperazine rings is 1. The van der Waals surface area contributed by atoms with Gasteiger partial charge in [0.25, 0.3) is 5.91 Å². The average molecular weight is 417 g/mol. The molecule has 0 spiro atoms. The number of rotatable bonds is 7. The maximum atomic E-state index is 12.3. The molecule has 0 aliphatic carbocycles. The van der Waals surface area contributed by atoms with E-state index in [0.717, 1.165) is 0 Å². The monoisotopic (exact) mass is 416 g/mol. The first-order valence-corrected chi connectivity index (χ1v) is 10.2. The van der Waals surface area contributed by atoms with Crippen LogP contribution < -0.4 is 10.6 Å². The highest BCUT2D eigenvalue weighted by atomic mass is 32.1. The minimum absolute atomic E-state index is 0.0251. The number of nitrogens with zero attached hydrogens (tertiary/aromatic N) is 2. The van der Waals surface area contributed by atoms with Gasteiger partial charge in [-0.2, -0.15) is 0 Å². The number of ether oxygens (including phenoxy) is 1. The Bertz CT molecular complexity index is 831. The van der Waals surface area contributed by atoms with E-state index in [1.54, 1.807) is 35.2 Å². The van der Waals surface area contributed by atoms with Crippen molar-refractivity contribution < 1.29 is 19.1 Å². The predicted molar refractivity (Wildman–Crippen MR) is 112 cm³/mol. The minimum Gasteiger partial charge on any atom is -0.375 e. The Balaban J connectivity index is 1.43. The lowest BCUT2D eigenvalue weighted by Crippen LogP contribution is -2.51. The van der Waals surface area contributed by atoms with Crippen LogP contribution in [0.3, 0.4) is 0 Å². The van der Waals surface area contributed by atoms with Crippen LogP contribution in [-0.2, 0) is 14.3 Å². The number of methoxy groups -OCH3 is 1. The molecule has 1 saturated heterocycles. The van der Waals surface area contributed by atoms with Gasteiger partial charge in [-0.25, -0.2) is 0 Å². The lowest BCUT2D eigenvalue weighted by atomic mass is 10.2. The lowest BCUT2D eigenvalue weighted by Gasteiger charge is -2.34. The number of anilines is 2. The largest absolute Gasteiger partial charge is 0.375 e. The standard InChI is InChI=1S/C20H24N4O4S/c1-28-14-19(26)24-10-8-23(9-11-24)13-18(25)21-15-4-6-16(7-5-15)22-20(27)17-3-2-12-29-17/h2-7,12H,8-11,13-14H2,1H3,(H,21,25)(H,22,27). The first-order valence-electron chi connectivity index (χ1n) is 9.29. The molecule has 1 aromatic heterocycles. The summed E-state index contributed by atoms with van der Waals surface area (Å²) in [5, 5.41) is 7.53. The Morgan fingerprint density at radius 1 is 1.00 bits per heavy atom. The molecule has 0 radical (unpaired) electrons. The van der Waals surface area contributed by atoms with Crippen molar-refractivity contribution in [2.24, 2.45) is 0 Å². The van der Waals surface area contributed by atoms with E-state index in [2.05, 4.69) is 10.6 Å². The van der Waals surface area contributed by atoms with Crippen LogP contribution in [0.5, 0.6) is 0 Å². The third-order valence-electron chi connectivity index (χ3n) is 4.53. The van der Waals surface area contributed by atoms with Gasteiger partial charge in [-0.15, -0.1) is 11.3 Å². The van der Waals surface area contributed by atoms with E-state index in [4.69, 9.17) is 4.74 Å². The van der Waals surface area contributed by atoms with Crippen molar-refractivity contribution in [2.75, 3.05) is 57.1 Å². The summed E-state index contributed by atoms with van der Waals surface area (Å²) in [4.78, 5) is 40.6. The minimum atomic E-state index is -0.153. The maximum Gasteiger partial charge on any atom is 0.265 e. The number of hydrogen-bond acceptors (Lipinski definition) is 6. The second-order valence-electron chi connectivity index (χ2n) is 6.65. The summed E-state index contributed by atoms with van der Waals surface area (Å²) in [5.74, 6) is -0.292. The van der Waals surface area contributed by atoms with Crippen LogP contribution >= 0.6 is 11.3 Å². The molecule has 29 heavy (non-hydrogen) atoms. The highest BCUT2D eigenvalue weighted by Crippen LogP contribution is 2.16. The van der Waals surface area contributed by atoms with Crippen LogP contribution in [0.15, 0.2) is 41.8 Å².